The number of rotatable bonds is 5. The van der Waals surface area contributed by atoms with E-state index in [1.807, 2.05) is 18.7 Å². The fourth-order valence-electron chi connectivity index (χ4n) is 4.48. The molecular formula is C20H33N5O2. The molecule has 0 radical (unpaired) electrons. The molecule has 0 unspecified atom stereocenters. The van der Waals surface area contributed by atoms with Gasteiger partial charge in [0.05, 0.1) is 23.6 Å². The Morgan fingerprint density at radius 1 is 1.30 bits per heavy atom. The third kappa shape index (κ3) is 3.88. The Kier molecular flexibility index (Phi) is 5.89. The van der Waals surface area contributed by atoms with Gasteiger partial charge in [-0.25, -0.2) is 4.98 Å². The molecule has 2 aliphatic heterocycles. The first-order chi connectivity index (χ1) is 12.9. The Labute approximate surface area is 161 Å². The summed E-state index contributed by atoms with van der Waals surface area (Å²) in [6.07, 6.45) is 5.67. The molecule has 3 rings (SSSR count). The first kappa shape index (κ1) is 19.9. The molecule has 7 nitrogen and oxygen atoms in total. The summed E-state index contributed by atoms with van der Waals surface area (Å²) in [6, 6.07) is -0.167. The average molecular weight is 376 g/mol. The molecule has 1 spiro atoms. The lowest BCUT2D eigenvalue weighted by molar-refractivity contribution is -0.138. The van der Waals surface area contributed by atoms with Gasteiger partial charge in [-0.3, -0.25) is 14.9 Å². The van der Waals surface area contributed by atoms with E-state index >= 15 is 0 Å². The second-order valence-electron chi connectivity index (χ2n) is 8.21. The van der Waals surface area contributed by atoms with E-state index in [9.17, 15) is 9.59 Å². The van der Waals surface area contributed by atoms with Crippen LogP contribution in [0, 0.1) is 5.92 Å². The van der Waals surface area contributed by atoms with E-state index < -0.39 is 0 Å². The van der Waals surface area contributed by atoms with Crippen LogP contribution in [0.25, 0.3) is 0 Å². The predicted octanol–water partition coefficient (Wildman–Crippen LogP) is 1.70. The van der Waals surface area contributed by atoms with Crippen molar-refractivity contribution in [3.8, 4) is 0 Å². The number of carbonyl (C=O) groups is 2. The highest BCUT2D eigenvalue weighted by molar-refractivity contribution is 5.83. The minimum atomic E-state index is -0.336. The summed E-state index contributed by atoms with van der Waals surface area (Å²) in [7, 11) is 0. The standard InChI is InChI=1S/C20H33N5O2/c1-5-14(6-2)19(27)25-9-7-20(8-10-25)17-15(21-12-22-17)11-16(24-20)18(26)23-13(3)4/h12-14,16,24H,5-11H2,1-4H3,(H,21,22)(H,23,26)/t16-/m0/s1. The van der Waals surface area contributed by atoms with Gasteiger partial charge < -0.3 is 15.2 Å². The average Bonchev–Trinajstić information content (AvgIpc) is 3.12. The highest BCUT2D eigenvalue weighted by atomic mass is 16.2. The normalized spacial score (nSPS) is 21.6. The van der Waals surface area contributed by atoms with Crippen molar-refractivity contribution in [3.05, 3.63) is 17.7 Å². The number of piperidine rings is 1. The van der Waals surface area contributed by atoms with Gasteiger partial charge in [-0.05, 0) is 39.5 Å². The first-order valence-corrected chi connectivity index (χ1v) is 10.3. The van der Waals surface area contributed by atoms with E-state index in [-0.39, 0.29) is 35.4 Å². The lowest BCUT2D eigenvalue weighted by Crippen LogP contribution is -2.62. The maximum atomic E-state index is 12.7. The molecule has 2 aliphatic rings. The molecule has 1 aromatic rings. The van der Waals surface area contributed by atoms with Crippen molar-refractivity contribution in [3.63, 3.8) is 0 Å². The fourth-order valence-corrected chi connectivity index (χ4v) is 4.48. The van der Waals surface area contributed by atoms with Crippen molar-refractivity contribution < 1.29 is 9.59 Å². The van der Waals surface area contributed by atoms with Gasteiger partial charge in [-0.1, -0.05) is 13.8 Å². The van der Waals surface area contributed by atoms with Crippen molar-refractivity contribution in [2.24, 2.45) is 5.92 Å². The number of nitrogens with one attached hydrogen (secondary N) is 3. The number of H-pyrrole nitrogens is 1. The van der Waals surface area contributed by atoms with Crippen LogP contribution in [0.4, 0.5) is 0 Å². The monoisotopic (exact) mass is 375 g/mol. The number of likely N-dealkylation sites (tertiary alicyclic amines) is 1. The zero-order valence-electron chi connectivity index (χ0n) is 17.0. The maximum absolute atomic E-state index is 12.7. The molecule has 3 heterocycles. The number of amides is 2. The number of nitrogens with zero attached hydrogens (tertiary/aromatic N) is 2. The summed E-state index contributed by atoms with van der Waals surface area (Å²) < 4.78 is 0. The summed E-state index contributed by atoms with van der Waals surface area (Å²) >= 11 is 0. The summed E-state index contributed by atoms with van der Waals surface area (Å²) in [4.78, 5) is 35.2. The number of aromatic nitrogens is 2. The van der Waals surface area contributed by atoms with Crippen LogP contribution in [0.2, 0.25) is 0 Å². The van der Waals surface area contributed by atoms with Crippen molar-refractivity contribution in [1.82, 2.24) is 25.5 Å². The molecule has 1 saturated heterocycles. The van der Waals surface area contributed by atoms with Gasteiger partial charge in [0, 0.05) is 37.2 Å². The molecule has 0 aromatic carbocycles. The molecule has 1 aromatic heterocycles. The SMILES string of the molecule is CCC(CC)C(=O)N1CCC2(CC1)N[C@H](C(=O)NC(C)C)Cc1[nH]cnc12. The number of carbonyl (C=O) groups excluding carboxylic acids is 2. The van der Waals surface area contributed by atoms with Crippen molar-refractivity contribution in [2.45, 2.75) is 77.4 Å². The summed E-state index contributed by atoms with van der Waals surface area (Å²) in [5.74, 6) is 0.408. The van der Waals surface area contributed by atoms with E-state index in [1.54, 1.807) is 6.33 Å². The quantitative estimate of drug-likeness (QED) is 0.731. The van der Waals surface area contributed by atoms with Gasteiger partial charge in [0.15, 0.2) is 0 Å². The predicted molar refractivity (Wildman–Crippen MR) is 104 cm³/mol. The molecule has 1 atom stereocenters. The van der Waals surface area contributed by atoms with E-state index in [0.717, 1.165) is 37.1 Å². The van der Waals surface area contributed by atoms with Crippen molar-refractivity contribution >= 4 is 11.8 Å². The fraction of sp³-hybridized carbons (Fsp3) is 0.750. The number of fused-ring (bicyclic) bond motifs is 2. The van der Waals surface area contributed by atoms with Crippen LogP contribution in [-0.4, -0.2) is 51.9 Å². The van der Waals surface area contributed by atoms with Crippen molar-refractivity contribution in [1.29, 1.82) is 0 Å². The molecule has 1 fully saturated rings. The Balaban J connectivity index is 1.76. The highest BCUT2D eigenvalue weighted by Crippen LogP contribution is 2.38. The largest absolute Gasteiger partial charge is 0.353 e. The summed E-state index contributed by atoms with van der Waals surface area (Å²) in [5, 5.41) is 6.61. The highest BCUT2D eigenvalue weighted by Gasteiger charge is 2.46. The van der Waals surface area contributed by atoms with Crippen LogP contribution in [0.1, 0.15) is 64.8 Å². The van der Waals surface area contributed by atoms with E-state index in [4.69, 9.17) is 0 Å². The smallest absolute Gasteiger partial charge is 0.237 e. The molecular weight excluding hydrogens is 342 g/mol. The molecule has 0 saturated carbocycles. The maximum Gasteiger partial charge on any atom is 0.237 e. The van der Waals surface area contributed by atoms with Gasteiger partial charge in [-0.2, -0.15) is 0 Å². The van der Waals surface area contributed by atoms with E-state index in [0.29, 0.717) is 19.5 Å². The molecule has 0 aliphatic carbocycles. The Bertz CT molecular complexity index is 672. The Morgan fingerprint density at radius 2 is 1.96 bits per heavy atom. The van der Waals surface area contributed by atoms with Gasteiger partial charge >= 0.3 is 0 Å². The van der Waals surface area contributed by atoms with Gasteiger partial charge in [0.25, 0.3) is 0 Å². The van der Waals surface area contributed by atoms with Crippen molar-refractivity contribution in [2.75, 3.05) is 13.1 Å². The first-order valence-electron chi connectivity index (χ1n) is 10.3. The van der Waals surface area contributed by atoms with Crippen LogP contribution in [0.15, 0.2) is 6.33 Å². The Hall–Kier alpha value is -1.89. The van der Waals surface area contributed by atoms with Crippen LogP contribution in [0.5, 0.6) is 0 Å². The number of hydrogen-bond acceptors (Lipinski definition) is 4. The Morgan fingerprint density at radius 3 is 2.56 bits per heavy atom. The minimum absolute atomic E-state index is 0.0279. The molecule has 27 heavy (non-hydrogen) atoms. The summed E-state index contributed by atoms with van der Waals surface area (Å²) in [5.41, 5.74) is 1.72. The lowest BCUT2D eigenvalue weighted by Gasteiger charge is -2.46. The minimum Gasteiger partial charge on any atom is -0.353 e. The van der Waals surface area contributed by atoms with E-state index in [2.05, 4.69) is 34.4 Å². The molecule has 2 amide bonds. The zero-order chi connectivity index (χ0) is 19.6. The third-order valence-electron chi connectivity index (χ3n) is 6.04. The molecule has 0 bridgehead atoms. The van der Waals surface area contributed by atoms with Crippen LogP contribution >= 0.6 is 0 Å². The zero-order valence-corrected chi connectivity index (χ0v) is 17.0. The molecule has 7 heteroatoms. The molecule has 3 N–H and O–H groups in total. The lowest BCUT2D eigenvalue weighted by atomic mass is 9.78. The second kappa shape index (κ2) is 8.00. The third-order valence-corrected chi connectivity index (χ3v) is 6.04. The number of hydrogen-bond donors (Lipinski definition) is 3. The van der Waals surface area contributed by atoms with Crippen LogP contribution in [-0.2, 0) is 21.5 Å². The van der Waals surface area contributed by atoms with Crippen LogP contribution < -0.4 is 10.6 Å². The van der Waals surface area contributed by atoms with Gasteiger partial charge in [0.1, 0.15) is 0 Å². The van der Waals surface area contributed by atoms with E-state index in [1.165, 1.54) is 0 Å². The second-order valence-corrected chi connectivity index (χ2v) is 8.21. The van der Waals surface area contributed by atoms with Crippen LogP contribution in [0.3, 0.4) is 0 Å². The summed E-state index contributed by atoms with van der Waals surface area (Å²) in [6.45, 7) is 9.50. The number of imidazole rings is 1. The topological polar surface area (TPSA) is 90.1 Å². The van der Waals surface area contributed by atoms with Gasteiger partial charge in [0.2, 0.25) is 11.8 Å². The molecule has 150 valence electrons. The number of aromatic amines is 1. The van der Waals surface area contributed by atoms with Gasteiger partial charge in [-0.15, -0.1) is 0 Å².